The smallest absolute Gasteiger partial charge is 0.323 e. The van der Waals surface area contributed by atoms with Crippen LogP contribution in [-0.2, 0) is 0 Å². The lowest BCUT2D eigenvalue weighted by atomic mass is 9.96. The number of amides is 10. The molecule has 1 aliphatic carbocycles. The number of halogens is 10. The van der Waals surface area contributed by atoms with Gasteiger partial charge < -0.3 is 53.2 Å². The number of aromatic amines is 5. The number of fused-ring (bicyclic) bond motifs is 5. The van der Waals surface area contributed by atoms with Gasteiger partial charge in [0.05, 0.1) is 84.5 Å². The van der Waals surface area contributed by atoms with Crippen molar-refractivity contribution in [2.24, 2.45) is 0 Å². The number of nitrogens with zero attached hydrogens (tertiary/aromatic N) is 5. The van der Waals surface area contributed by atoms with Crippen molar-refractivity contribution in [1.29, 1.82) is 0 Å². The Balaban J connectivity index is 0.000000145. The van der Waals surface area contributed by atoms with Gasteiger partial charge in [0, 0.05) is 87.1 Å². The van der Waals surface area contributed by atoms with E-state index in [0.717, 1.165) is 59.9 Å². The number of carbonyl (C=O) groups excluding carboxylic acids is 5. The van der Waals surface area contributed by atoms with Gasteiger partial charge in [-0.2, -0.15) is 25.5 Å². The standard InChI is InChI=1S/C22H22F2N4O.C22H16F2N4O.C20H20F2N4O.2C19H18F2N4O/c2*23-15-9-6-14(7-10-15)8-11-19-17-12-21(18(24)13-20(17)28-27-19)26-22(29)25-16-4-2-1-3-5-16;1-20(2,3)24-19(27)23-18-10-14-16(25-26-17(14)11-15(18)22)9-6-12-4-7-13(21)8-5-12;1-11(2)22-19(26)23-18-9-14-16(24-25-17(14)10-15(18)21)8-5-12-3-6-13(20)7-4-12;1-2-9-22-19(26)23-18-10-14-16(24-25-17(14)11-15(18)21)8-5-12-3-6-13(20)7-4-12/h6-13,16H,1-5H2,(H,27,28)(H2,25,26,29);1-13H,(H,27,28)(H2,25,26,29);4-11H,1-3H3,(H,25,26)(H2,23,24,27);3-11H,1-2H3,(H,24,25)(H2,22,23,26);3-8,10-11H,2,9H2,1H3,(H,24,25)(H2,22,23,26)/b2*11-8+;9-6+;2*8-5+. The predicted molar refractivity (Wildman–Crippen MR) is 522 cm³/mol. The topological polar surface area (TPSA) is 349 Å². The first-order valence-corrected chi connectivity index (χ1v) is 43.4. The van der Waals surface area contributed by atoms with E-state index >= 15 is 0 Å². The maximum atomic E-state index is 14.4. The lowest BCUT2D eigenvalue weighted by molar-refractivity contribution is 0.243. The molecule has 10 amide bonds. The Kier molecular flexibility index (Phi) is 32.8. The quantitative estimate of drug-likeness (QED) is 0.0320. The van der Waals surface area contributed by atoms with Gasteiger partial charge in [-0.1, -0.05) is 135 Å². The zero-order chi connectivity index (χ0) is 97.2. The summed E-state index contributed by atoms with van der Waals surface area (Å²) in [6.07, 6.45) is 23.7. The third kappa shape index (κ3) is 28.3. The summed E-state index contributed by atoms with van der Waals surface area (Å²) in [6, 6.07) is 50.8. The summed E-state index contributed by atoms with van der Waals surface area (Å²) in [6.45, 7) is 11.6. The number of urea groups is 5. The van der Waals surface area contributed by atoms with E-state index in [4.69, 9.17) is 0 Å². The van der Waals surface area contributed by atoms with E-state index in [0.29, 0.717) is 95.2 Å². The molecule has 137 heavy (non-hydrogen) atoms. The van der Waals surface area contributed by atoms with Crippen molar-refractivity contribution in [1.82, 2.24) is 72.3 Å². The summed E-state index contributed by atoms with van der Waals surface area (Å²) in [5, 5.41) is 64.2. The average molecular weight is 1870 g/mol. The molecule has 1 aliphatic rings. The van der Waals surface area contributed by atoms with Crippen molar-refractivity contribution in [2.75, 3.05) is 38.4 Å². The van der Waals surface area contributed by atoms with E-state index in [1.54, 1.807) is 152 Å². The summed E-state index contributed by atoms with van der Waals surface area (Å²) in [5.74, 6) is -4.33. The minimum atomic E-state index is -0.585. The molecule has 17 rings (SSSR count). The van der Waals surface area contributed by atoms with Crippen molar-refractivity contribution < 1.29 is 67.9 Å². The first kappa shape index (κ1) is 97.6. The molecule has 0 spiro atoms. The number of H-pyrrole nitrogens is 5. The highest BCUT2D eigenvalue weighted by molar-refractivity contribution is 6.04. The first-order chi connectivity index (χ1) is 65.9. The second-order valence-electron chi connectivity index (χ2n) is 32.7. The van der Waals surface area contributed by atoms with Crippen molar-refractivity contribution in [3.8, 4) is 0 Å². The molecule has 0 saturated heterocycles. The van der Waals surface area contributed by atoms with Crippen LogP contribution in [0.1, 0.15) is 136 Å². The van der Waals surface area contributed by atoms with E-state index in [1.165, 1.54) is 122 Å². The fourth-order valence-electron chi connectivity index (χ4n) is 13.9. The molecule has 5 heterocycles. The third-order valence-electron chi connectivity index (χ3n) is 20.6. The molecule has 702 valence electrons. The first-order valence-electron chi connectivity index (χ1n) is 43.4. The highest BCUT2D eigenvalue weighted by atomic mass is 19.2. The Morgan fingerprint density at radius 1 is 0.343 bits per heavy atom. The van der Waals surface area contributed by atoms with E-state index in [2.05, 4.69) is 104 Å². The van der Waals surface area contributed by atoms with Crippen LogP contribution in [-0.4, -0.2) is 105 Å². The number of para-hydroxylation sites is 1. The molecule has 1 fully saturated rings. The summed E-state index contributed by atoms with van der Waals surface area (Å²) in [7, 11) is 0. The normalized spacial score (nSPS) is 12.2. The molecule has 1 saturated carbocycles. The minimum Gasteiger partial charge on any atom is -0.338 e. The predicted octanol–water partition coefficient (Wildman–Crippen LogP) is 25.1. The van der Waals surface area contributed by atoms with Gasteiger partial charge in [0.15, 0.2) is 0 Å². The molecule has 5 aromatic heterocycles. The van der Waals surface area contributed by atoms with Crippen LogP contribution in [0.15, 0.2) is 212 Å². The van der Waals surface area contributed by atoms with Crippen LogP contribution in [0.3, 0.4) is 0 Å². The number of carbonyl (C=O) groups is 5. The molecule has 16 aromatic rings. The Morgan fingerprint density at radius 3 is 0.905 bits per heavy atom. The number of benzene rings is 11. The van der Waals surface area contributed by atoms with E-state index in [1.807, 2.05) is 47.6 Å². The van der Waals surface area contributed by atoms with Gasteiger partial charge in [-0.25, -0.2) is 67.9 Å². The molecule has 35 heteroatoms. The van der Waals surface area contributed by atoms with E-state index in [9.17, 15) is 67.9 Å². The SMILES string of the molecule is CC(C)(C)NC(=O)Nc1cc2c(/C=C/c3ccc(F)cc3)n[nH]c2cc1F.CC(C)NC(=O)Nc1cc2c(/C=C/c3ccc(F)cc3)n[nH]c2cc1F.CCCNC(=O)Nc1cc2c(/C=C/c3ccc(F)cc3)n[nH]c2cc1F.O=C(Nc1cc2c(/C=C/c3ccc(F)cc3)n[nH]c2cc1F)NC1CCCCC1.O=C(Nc1ccccc1)Nc1cc2c(/C=C/c3ccc(F)cc3)n[nH]c2cc1F. The van der Waals surface area contributed by atoms with Crippen LogP contribution >= 0.6 is 0 Å². The van der Waals surface area contributed by atoms with Gasteiger partial charge in [-0.3, -0.25) is 25.5 Å². The number of rotatable bonds is 20. The average Bonchev–Trinajstić information content (AvgIpc) is 1.68. The maximum Gasteiger partial charge on any atom is 0.323 e. The summed E-state index contributed by atoms with van der Waals surface area (Å²) >= 11 is 0. The second kappa shape index (κ2) is 46.0. The maximum absolute atomic E-state index is 14.4. The van der Waals surface area contributed by atoms with Crippen LogP contribution in [0, 0.1) is 58.2 Å². The number of hydrogen-bond acceptors (Lipinski definition) is 10. The summed E-state index contributed by atoms with van der Waals surface area (Å²) < 4.78 is 136. The highest BCUT2D eigenvalue weighted by Gasteiger charge is 2.22. The van der Waals surface area contributed by atoms with Crippen LogP contribution < -0.4 is 53.2 Å². The Bertz CT molecular complexity index is 7090. The molecule has 0 unspecified atom stereocenters. The third-order valence-corrected chi connectivity index (χ3v) is 20.6. The molecule has 0 atom stereocenters. The van der Waals surface area contributed by atoms with Gasteiger partial charge in [-0.15, -0.1) is 0 Å². The zero-order valence-corrected chi connectivity index (χ0v) is 74.6. The van der Waals surface area contributed by atoms with Crippen molar-refractivity contribution in [3.63, 3.8) is 0 Å². The highest BCUT2D eigenvalue weighted by Crippen LogP contribution is 2.33. The van der Waals surface area contributed by atoms with Crippen LogP contribution in [0.5, 0.6) is 0 Å². The van der Waals surface area contributed by atoms with Crippen LogP contribution in [0.4, 0.5) is 102 Å². The molecule has 15 N–H and O–H groups in total. The fourth-order valence-corrected chi connectivity index (χ4v) is 13.9. The van der Waals surface area contributed by atoms with E-state index in [-0.39, 0.29) is 69.6 Å². The fraction of sp³-hybridized carbons (Fsp3) is 0.157. The number of anilines is 6. The largest absolute Gasteiger partial charge is 0.338 e. The Hall–Kier alpha value is -16.9. The van der Waals surface area contributed by atoms with Gasteiger partial charge in [0.25, 0.3) is 0 Å². The molecular formula is C102H94F10N20O5. The zero-order valence-electron chi connectivity index (χ0n) is 74.6. The van der Waals surface area contributed by atoms with Gasteiger partial charge in [0.1, 0.15) is 58.2 Å². The molecule has 0 bridgehead atoms. The van der Waals surface area contributed by atoms with Crippen LogP contribution in [0.25, 0.3) is 115 Å². The van der Waals surface area contributed by atoms with Crippen molar-refractivity contribution >= 4 is 180 Å². The summed E-state index contributed by atoms with van der Waals surface area (Å²) in [5.41, 5.74) is 9.97. The Morgan fingerprint density at radius 2 is 0.620 bits per heavy atom. The van der Waals surface area contributed by atoms with E-state index < -0.39 is 64.8 Å². The lowest BCUT2D eigenvalue weighted by Gasteiger charge is -2.22. The Labute approximate surface area is 778 Å². The molecule has 11 aromatic carbocycles. The number of hydrogen-bond donors (Lipinski definition) is 15. The van der Waals surface area contributed by atoms with Crippen molar-refractivity contribution in [3.05, 3.63) is 327 Å². The second-order valence-corrected chi connectivity index (χ2v) is 32.7. The lowest BCUT2D eigenvalue weighted by Crippen LogP contribution is -2.43. The van der Waals surface area contributed by atoms with Gasteiger partial charge in [0.2, 0.25) is 0 Å². The number of aromatic nitrogens is 10. The molecule has 0 aliphatic heterocycles. The number of nitrogens with one attached hydrogen (secondary N) is 15. The molecule has 25 nitrogen and oxygen atoms in total. The molecular weight excluding hydrogens is 1780 g/mol. The van der Waals surface area contributed by atoms with Crippen LogP contribution in [0.2, 0.25) is 0 Å². The monoisotopic (exact) mass is 1870 g/mol. The molecule has 0 radical (unpaired) electrons. The summed E-state index contributed by atoms with van der Waals surface area (Å²) in [4.78, 5) is 60.0. The minimum absolute atomic E-state index is 0.0313. The van der Waals surface area contributed by atoms with Gasteiger partial charge >= 0.3 is 30.2 Å². The van der Waals surface area contributed by atoms with Crippen molar-refractivity contribution in [2.45, 2.75) is 97.7 Å². The van der Waals surface area contributed by atoms with Gasteiger partial charge in [-0.05, 0) is 215 Å².